The van der Waals surface area contributed by atoms with Crippen LogP contribution in [-0.2, 0) is 4.79 Å². The molecule has 0 spiro atoms. The van der Waals surface area contributed by atoms with Gasteiger partial charge in [-0.2, -0.15) is 18.2 Å². The van der Waals surface area contributed by atoms with Crippen LogP contribution < -0.4 is 29.6 Å². The minimum Gasteiger partial charge on any atom is -0.533 e. The molecule has 4 heteroatoms. The van der Waals surface area contributed by atoms with Crippen LogP contribution in [0.4, 0.5) is 0 Å². The predicted molar refractivity (Wildman–Crippen MR) is 54.1 cm³/mol. The van der Waals surface area contributed by atoms with Gasteiger partial charge in [0.05, 0.1) is 0 Å². The molecule has 0 bridgehead atoms. The Morgan fingerprint density at radius 2 is 1.93 bits per heavy atom. The van der Waals surface area contributed by atoms with Crippen LogP contribution in [-0.4, -0.2) is 16.2 Å². The van der Waals surface area contributed by atoms with Crippen molar-refractivity contribution in [3.63, 3.8) is 0 Å². The van der Waals surface area contributed by atoms with Gasteiger partial charge in [0.25, 0.3) is 0 Å². The molecule has 0 aliphatic rings. The van der Waals surface area contributed by atoms with Crippen molar-refractivity contribution >= 4 is 5.97 Å². The summed E-state index contributed by atoms with van der Waals surface area (Å²) >= 11 is 0. The number of phenols is 1. The van der Waals surface area contributed by atoms with Crippen LogP contribution in [0.3, 0.4) is 0 Å². The molecule has 0 saturated heterocycles. The fraction of sp³-hybridized carbons (Fsp3) is 0.364. The van der Waals surface area contributed by atoms with E-state index in [-0.39, 0.29) is 29.6 Å². The molecule has 1 aromatic rings. The number of hydrogen-bond acceptors (Lipinski definition) is 2. The van der Waals surface area contributed by atoms with Gasteiger partial charge in [0.15, 0.2) is 0 Å². The molecule has 0 aromatic heterocycles. The number of unbranched alkanes of at least 4 members (excludes halogenated alkanes) is 1. The number of phenolic OH excluding ortho intramolecular Hbond substituents is 1. The maximum absolute atomic E-state index is 9.76. The minimum absolute atomic E-state index is 0. The molecular formula is C11H15NaO3. The molecule has 1 rings (SSSR count). The standard InChI is InChI=1S/C6H5O.C5H10O2.Na/c7-6-4-2-1-3-5-6;1-2-3-4-5(6)7;/h2-5,7H;2-4H2,1H3,(H,6,7);/q-1;;+1. The molecule has 3 nitrogen and oxygen atoms in total. The van der Waals surface area contributed by atoms with Crippen LogP contribution in [0, 0.1) is 6.07 Å². The molecule has 78 valence electrons. The third-order valence-corrected chi connectivity index (χ3v) is 1.44. The second kappa shape index (κ2) is 11.6. The van der Waals surface area contributed by atoms with Crippen molar-refractivity contribution in [1.29, 1.82) is 0 Å². The Balaban J connectivity index is 0. The predicted octanol–water partition coefficient (Wildman–Crippen LogP) is -0.542. The Labute approximate surface area is 112 Å². The zero-order valence-electron chi connectivity index (χ0n) is 9.23. The molecular weight excluding hydrogens is 203 g/mol. The van der Waals surface area contributed by atoms with Crippen molar-refractivity contribution < 1.29 is 44.6 Å². The fourth-order valence-electron chi connectivity index (χ4n) is 0.706. The van der Waals surface area contributed by atoms with Crippen molar-refractivity contribution in [2.24, 2.45) is 0 Å². The molecule has 1 aromatic carbocycles. The van der Waals surface area contributed by atoms with Crippen LogP contribution in [0.1, 0.15) is 26.2 Å². The van der Waals surface area contributed by atoms with Gasteiger partial charge in [-0.15, -0.1) is 12.1 Å². The first-order chi connectivity index (χ1) is 6.66. The molecule has 2 N–H and O–H groups in total. The number of carboxylic acids is 1. The number of aromatic hydroxyl groups is 1. The number of carbonyl (C=O) groups is 1. The molecule has 15 heavy (non-hydrogen) atoms. The van der Waals surface area contributed by atoms with E-state index in [1.165, 1.54) is 0 Å². The Morgan fingerprint density at radius 3 is 2.13 bits per heavy atom. The number of benzene rings is 1. The molecule has 0 atom stereocenters. The number of rotatable bonds is 3. The molecule has 0 aliphatic heterocycles. The summed E-state index contributed by atoms with van der Waals surface area (Å²) in [6, 6.07) is 9.26. The Kier molecular flexibility index (Phi) is 13.0. The van der Waals surface area contributed by atoms with E-state index in [0.29, 0.717) is 12.2 Å². The van der Waals surface area contributed by atoms with Crippen LogP contribution in [0.2, 0.25) is 0 Å². The summed E-state index contributed by atoms with van der Waals surface area (Å²) in [5, 5.41) is 16.7. The second-order valence-corrected chi connectivity index (χ2v) is 2.76. The summed E-state index contributed by atoms with van der Waals surface area (Å²) in [5.41, 5.74) is 0. The summed E-state index contributed by atoms with van der Waals surface area (Å²) in [7, 11) is 0. The van der Waals surface area contributed by atoms with Gasteiger partial charge in [-0.1, -0.05) is 13.3 Å². The first-order valence-electron chi connectivity index (χ1n) is 4.53. The zero-order chi connectivity index (χ0) is 10.8. The van der Waals surface area contributed by atoms with E-state index in [1.807, 2.05) is 6.92 Å². The Morgan fingerprint density at radius 1 is 1.40 bits per heavy atom. The smallest absolute Gasteiger partial charge is 0.533 e. The first-order valence-corrected chi connectivity index (χ1v) is 4.53. The quantitative estimate of drug-likeness (QED) is 0.529. The summed E-state index contributed by atoms with van der Waals surface area (Å²) in [5.74, 6) is -0.402. The summed E-state index contributed by atoms with van der Waals surface area (Å²) < 4.78 is 0. The van der Waals surface area contributed by atoms with Crippen molar-refractivity contribution in [2.45, 2.75) is 26.2 Å². The van der Waals surface area contributed by atoms with Crippen LogP contribution in [0.15, 0.2) is 24.3 Å². The van der Waals surface area contributed by atoms with Gasteiger partial charge in [-0.05, 0) is 6.42 Å². The number of hydrogen-bond donors (Lipinski definition) is 2. The summed E-state index contributed by atoms with van der Waals surface area (Å²) in [6.07, 6.45) is 2.08. The van der Waals surface area contributed by atoms with Gasteiger partial charge in [-0.25, -0.2) is 0 Å². The summed E-state index contributed by atoms with van der Waals surface area (Å²) in [6.45, 7) is 1.98. The molecule has 0 unspecified atom stereocenters. The maximum Gasteiger partial charge on any atom is 1.00 e. The normalized spacial score (nSPS) is 8.07. The minimum atomic E-state index is -0.693. The fourth-order valence-corrected chi connectivity index (χ4v) is 0.706. The van der Waals surface area contributed by atoms with E-state index in [4.69, 9.17) is 10.2 Å². The average molecular weight is 218 g/mol. The van der Waals surface area contributed by atoms with Crippen molar-refractivity contribution in [2.75, 3.05) is 0 Å². The van der Waals surface area contributed by atoms with Crippen molar-refractivity contribution in [3.8, 4) is 5.75 Å². The second-order valence-electron chi connectivity index (χ2n) is 2.76. The maximum atomic E-state index is 9.76. The molecule has 0 radical (unpaired) electrons. The van der Waals surface area contributed by atoms with E-state index >= 15 is 0 Å². The average Bonchev–Trinajstić information content (AvgIpc) is 2.17. The van der Waals surface area contributed by atoms with Crippen LogP contribution in [0.5, 0.6) is 5.75 Å². The zero-order valence-corrected chi connectivity index (χ0v) is 11.2. The van der Waals surface area contributed by atoms with Crippen LogP contribution >= 0.6 is 0 Å². The number of aliphatic carboxylic acids is 1. The molecule has 0 aliphatic carbocycles. The van der Waals surface area contributed by atoms with E-state index in [1.54, 1.807) is 24.3 Å². The van der Waals surface area contributed by atoms with E-state index in [0.717, 1.165) is 12.8 Å². The van der Waals surface area contributed by atoms with Gasteiger partial charge < -0.3 is 10.2 Å². The third-order valence-electron chi connectivity index (χ3n) is 1.44. The van der Waals surface area contributed by atoms with Gasteiger partial charge in [0, 0.05) is 12.2 Å². The SMILES string of the molecule is CCCCC(=O)O.Oc1cc[c-]cc1.[Na+]. The Hall–Kier alpha value is -0.510. The van der Waals surface area contributed by atoms with E-state index in [9.17, 15) is 4.79 Å². The van der Waals surface area contributed by atoms with Crippen molar-refractivity contribution in [3.05, 3.63) is 30.3 Å². The third kappa shape index (κ3) is 13.5. The molecule has 0 saturated carbocycles. The summed E-state index contributed by atoms with van der Waals surface area (Å²) in [4.78, 5) is 9.76. The molecule has 0 heterocycles. The monoisotopic (exact) mass is 218 g/mol. The number of carboxylic acid groups (broad SMARTS) is 1. The largest absolute Gasteiger partial charge is 1.00 e. The Bertz CT molecular complexity index is 249. The van der Waals surface area contributed by atoms with Gasteiger partial charge in [0.2, 0.25) is 0 Å². The molecule has 0 fully saturated rings. The van der Waals surface area contributed by atoms with E-state index < -0.39 is 5.97 Å². The van der Waals surface area contributed by atoms with Gasteiger partial charge >= 0.3 is 35.5 Å². The first kappa shape index (κ1) is 16.9. The van der Waals surface area contributed by atoms with Gasteiger partial charge in [0.1, 0.15) is 0 Å². The van der Waals surface area contributed by atoms with E-state index in [2.05, 4.69) is 6.07 Å². The van der Waals surface area contributed by atoms with Crippen molar-refractivity contribution in [1.82, 2.24) is 0 Å². The topological polar surface area (TPSA) is 57.5 Å². The van der Waals surface area contributed by atoms with Gasteiger partial charge in [-0.3, -0.25) is 4.79 Å². The van der Waals surface area contributed by atoms with Crippen LogP contribution in [0.25, 0.3) is 0 Å². The molecule has 0 amide bonds.